The number of hydrogen-bond donors (Lipinski definition) is 2. The van der Waals surface area contributed by atoms with Crippen LogP contribution in [-0.2, 0) is 13.0 Å². The van der Waals surface area contributed by atoms with Crippen molar-refractivity contribution in [1.29, 1.82) is 0 Å². The lowest BCUT2D eigenvalue weighted by Gasteiger charge is -2.07. The van der Waals surface area contributed by atoms with Crippen LogP contribution >= 0.6 is 11.6 Å². The maximum absolute atomic E-state index is 11.6. The summed E-state index contributed by atoms with van der Waals surface area (Å²) in [5, 5.41) is 9.90. The van der Waals surface area contributed by atoms with E-state index in [0.29, 0.717) is 18.1 Å². The van der Waals surface area contributed by atoms with E-state index in [9.17, 15) is 4.79 Å². The van der Waals surface area contributed by atoms with Gasteiger partial charge in [-0.05, 0) is 30.5 Å². The molecule has 5 nitrogen and oxygen atoms in total. The summed E-state index contributed by atoms with van der Waals surface area (Å²) in [6, 6.07) is 7.19. The first-order valence-electron chi connectivity index (χ1n) is 6.38. The van der Waals surface area contributed by atoms with Crippen molar-refractivity contribution in [2.75, 3.05) is 6.54 Å². The van der Waals surface area contributed by atoms with Crippen molar-refractivity contribution in [3.05, 3.63) is 52.9 Å². The zero-order valence-corrected chi connectivity index (χ0v) is 11.7. The first-order chi connectivity index (χ1) is 9.74. The summed E-state index contributed by atoms with van der Waals surface area (Å²) in [6.07, 6.45) is 4.97. The zero-order valence-electron chi connectivity index (χ0n) is 10.9. The van der Waals surface area contributed by atoms with E-state index in [2.05, 4.69) is 15.8 Å². The summed E-state index contributed by atoms with van der Waals surface area (Å²) in [4.78, 5) is 11.6. The average molecular weight is 294 g/mol. The summed E-state index contributed by atoms with van der Waals surface area (Å²) in [6.45, 7) is 1.09. The molecule has 106 valence electrons. The molecular weight excluding hydrogens is 278 g/mol. The Labute approximate surface area is 122 Å². The molecule has 2 rings (SSSR count). The highest BCUT2D eigenvalue weighted by molar-refractivity contribution is 6.30. The zero-order chi connectivity index (χ0) is 14.2. The Bertz CT molecular complexity index is 526. The van der Waals surface area contributed by atoms with Gasteiger partial charge in [0.05, 0.1) is 6.20 Å². The molecule has 0 aliphatic carbocycles. The van der Waals surface area contributed by atoms with Crippen LogP contribution < -0.4 is 10.6 Å². The van der Waals surface area contributed by atoms with E-state index in [1.165, 1.54) is 0 Å². The highest BCUT2D eigenvalue weighted by atomic mass is 35.5. The van der Waals surface area contributed by atoms with Crippen LogP contribution in [-0.4, -0.2) is 17.7 Å². The summed E-state index contributed by atoms with van der Waals surface area (Å²) in [5.41, 5.74) is 2.04. The predicted molar refractivity (Wildman–Crippen MR) is 76.5 cm³/mol. The van der Waals surface area contributed by atoms with Gasteiger partial charge in [-0.1, -0.05) is 28.9 Å². The minimum Gasteiger partial charge on any atom is -0.364 e. The van der Waals surface area contributed by atoms with E-state index in [4.69, 9.17) is 16.1 Å². The van der Waals surface area contributed by atoms with Gasteiger partial charge in [-0.3, -0.25) is 0 Å². The lowest BCUT2D eigenvalue weighted by molar-refractivity contribution is 0.240. The molecule has 0 atom stereocenters. The van der Waals surface area contributed by atoms with Gasteiger partial charge in [0.1, 0.15) is 6.26 Å². The van der Waals surface area contributed by atoms with Crippen LogP contribution in [0.3, 0.4) is 0 Å². The predicted octanol–water partition coefficient (Wildman–Crippen LogP) is 2.76. The molecule has 0 saturated heterocycles. The lowest BCUT2D eigenvalue weighted by Crippen LogP contribution is -2.35. The van der Waals surface area contributed by atoms with Crippen molar-refractivity contribution in [3.63, 3.8) is 0 Å². The molecule has 0 aliphatic rings. The van der Waals surface area contributed by atoms with Crippen LogP contribution in [0, 0.1) is 0 Å². The fourth-order valence-electron chi connectivity index (χ4n) is 1.69. The van der Waals surface area contributed by atoms with Gasteiger partial charge in [0, 0.05) is 23.7 Å². The van der Waals surface area contributed by atoms with Crippen molar-refractivity contribution >= 4 is 17.6 Å². The van der Waals surface area contributed by atoms with Gasteiger partial charge in [0.15, 0.2) is 0 Å². The molecule has 0 saturated carbocycles. The number of rotatable bonds is 6. The molecular formula is C14H16ClN3O2. The molecule has 2 N–H and O–H groups in total. The molecule has 20 heavy (non-hydrogen) atoms. The van der Waals surface area contributed by atoms with Gasteiger partial charge >= 0.3 is 6.03 Å². The minimum absolute atomic E-state index is 0.176. The van der Waals surface area contributed by atoms with Crippen LogP contribution in [0.15, 0.2) is 41.2 Å². The number of halogens is 1. The van der Waals surface area contributed by atoms with E-state index in [1.807, 2.05) is 12.1 Å². The Hall–Kier alpha value is -2.01. The van der Waals surface area contributed by atoms with Crippen LogP contribution in [0.2, 0.25) is 5.02 Å². The molecule has 0 unspecified atom stereocenters. The fourth-order valence-corrected chi connectivity index (χ4v) is 1.82. The first kappa shape index (κ1) is 14.4. The second-order valence-corrected chi connectivity index (χ2v) is 4.81. The minimum atomic E-state index is -0.176. The van der Waals surface area contributed by atoms with E-state index in [-0.39, 0.29) is 6.03 Å². The number of hydrogen-bond acceptors (Lipinski definition) is 3. The second-order valence-electron chi connectivity index (χ2n) is 4.37. The molecule has 0 fully saturated rings. The second kappa shape index (κ2) is 7.55. The van der Waals surface area contributed by atoms with Crippen LogP contribution in [0.1, 0.15) is 17.5 Å². The van der Waals surface area contributed by atoms with E-state index in [0.717, 1.165) is 24.0 Å². The maximum atomic E-state index is 11.6. The molecule has 0 aliphatic heterocycles. The van der Waals surface area contributed by atoms with Gasteiger partial charge in [0.2, 0.25) is 0 Å². The molecule has 0 radical (unpaired) electrons. The number of amides is 2. The van der Waals surface area contributed by atoms with Crippen molar-refractivity contribution in [2.45, 2.75) is 19.4 Å². The number of nitrogens with one attached hydrogen (secondary N) is 2. The van der Waals surface area contributed by atoms with Crippen molar-refractivity contribution in [2.24, 2.45) is 0 Å². The third-order valence-corrected chi connectivity index (χ3v) is 3.03. The van der Waals surface area contributed by atoms with Crippen LogP contribution in [0.5, 0.6) is 0 Å². The largest absolute Gasteiger partial charge is 0.364 e. The number of carbonyl (C=O) groups is 1. The normalized spacial score (nSPS) is 10.2. The van der Waals surface area contributed by atoms with Gasteiger partial charge < -0.3 is 15.2 Å². The van der Waals surface area contributed by atoms with Crippen molar-refractivity contribution in [1.82, 2.24) is 15.8 Å². The molecule has 0 spiro atoms. The highest BCUT2D eigenvalue weighted by Gasteiger charge is 2.01. The van der Waals surface area contributed by atoms with E-state index < -0.39 is 0 Å². The molecule has 1 aromatic carbocycles. The standard InChI is InChI=1S/C14H16ClN3O2/c15-13-5-3-11(4-6-13)8-17-14(19)16-7-1-2-12-9-18-20-10-12/h3-6,9-10H,1-2,7-8H2,(H2,16,17,19). The number of carbonyl (C=O) groups excluding carboxylic acids is 1. The third kappa shape index (κ3) is 4.93. The number of nitrogens with zero attached hydrogens (tertiary/aromatic N) is 1. The number of aromatic nitrogens is 1. The monoisotopic (exact) mass is 293 g/mol. The van der Waals surface area contributed by atoms with Crippen molar-refractivity contribution < 1.29 is 9.32 Å². The number of urea groups is 1. The summed E-state index contributed by atoms with van der Waals surface area (Å²) in [7, 11) is 0. The third-order valence-electron chi connectivity index (χ3n) is 2.78. The number of aryl methyl sites for hydroxylation is 1. The van der Waals surface area contributed by atoms with Gasteiger partial charge in [0.25, 0.3) is 0 Å². The number of benzene rings is 1. The van der Waals surface area contributed by atoms with Gasteiger partial charge in [-0.25, -0.2) is 4.79 Å². The maximum Gasteiger partial charge on any atom is 0.315 e. The Balaban J connectivity index is 1.59. The van der Waals surface area contributed by atoms with E-state index >= 15 is 0 Å². The van der Waals surface area contributed by atoms with Crippen molar-refractivity contribution in [3.8, 4) is 0 Å². The summed E-state index contributed by atoms with van der Waals surface area (Å²) in [5.74, 6) is 0. The van der Waals surface area contributed by atoms with Crippen LogP contribution in [0.4, 0.5) is 4.79 Å². The average Bonchev–Trinajstić information content (AvgIpc) is 2.96. The van der Waals surface area contributed by atoms with Crippen LogP contribution in [0.25, 0.3) is 0 Å². The topological polar surface area (TPSA) is 67.2 Å². The summed E-state index contributed by atoms with van der Waals surface area (Å²) >= 11 is 5.79. The van der Waals surface area contributed by atoms with Gasteiger partial charge in [-0.15, -0.1) is 0 Å². The quantitative estimate of drug-likeness (QED) is 0.805. The first-order valence-corrected chi connectivity index (χ1v) is 6.76. The molecule has 1 aromatic heterocycles. The highest BCUT2D eigenvalue weighted by Crippen LogP contribution is 2.08. The molecule has 6 heteroatoms. The fraction of sp³-hybridized carbons (Fsp3) is 0.286. The molecule has 2 amide bonds. The Morgan fingerprint density at radius 1 is 1.20 bits per heavy atom. The summed E-state index contributed by atoms with van der Waals surface area (Å²) < 4.78 is 4.73. The molecule has 1 heterocycles. The van der Waals surface area contributed by atoms with E-state index in [1.54, 1.807) is 24.6 Å². The Morgan fingerprint density at radius 2 is 2.00 bits per heavy atom. The van der Waals surface area contributed by atoms with Gasteiger partial charge in [-0.2, -0.15) is 0 Å². The SMILES string of the molecule is O=C(NCCCc1cnoc1)NCc1ccc(Cl)cc1. The molecule has 0 bridgehead atoms. The smallest absolute Gasteiger partial charge is 0.315 e. The Morgan fingerprint density at radius 3 is 2.70 bits per heavy atom. The molecule has 2 aromatic rings. The lowest BCUT2D eigenvalue weighted by atomic mass is 10.2. The Kier molecular flexibility index (Phi) is 5.43.